The van der Waals surface area contributed by atoms with Gasteiger partial charge in [0.25, 0.3) is 5.91 Å². The molecule has 0 aliphatic carbocycles. The largest absolute Gasteiger partial charge is 0.497 e. The topological polar surface area (TPSA) is 156 Å². The fourth-order valence-corrected chi connectivity index (χ4v) is 7.00. The molecule has 1 amide bonds. The van der Waals surface area contributed by atoms with Gasteiger partial charge in [0.2, 0.25) is 0 Å². The van der Waals surface area contributed by atoms with Crippen LogP contribution in [0, 0.1) is 0 Å². The van der Waals surface area contributed by atoms with Gasteiger partial charge in [-0.1, -0.05) is 72.8 Å². The lowest BCUT2D eigenvalue weighted by Crippen LogP contribution is -2.44. The molecule has 278 valence electrons. The summed E-state index contributed by atoms with van der Waals surface area (Å²) in [6.07, 6.45) is -2.22. The van der Waals surface area contributed by atoms with Crippen LogP contribution in [0.1, 0.15) is 33.3 Å². The van der Waals surface area contributed by atoms with E-state index in [0.29, 0.717) is 22.7 Å². The van der Waals surface area contributed by atoms with Gasteiger partial charge in [0, 0.05) is 5.56 Å². The number of fused-ring (bicyclic) bond motifs is 1. The van der Waals surface area contributed by atoms with Gasteiger partial charge < -0.3 is 38.7 Å². The predicted octanol–water partition coefficient (Wildman–Crippen LogP) is 6.29. The monoisotopic (exact) mass is 749 g/mol. The molecule has 0 spiro atoms. The van der Waals surface area contributed by atoms with Crippen molar-refractivity contribution < 1.29 is 38.2 Å². The molecule has 1 aliphatic rings. The van der Waals surface area contributed by atoms with Crippen LogP contribution >= 0.6 is 7.14 Å². The number of rotatable bonds is 13. The van der Waals surface area contributed by atoms with E-state index in [4.69, 9.17) is 23.7 Å². The fraction of sp³-hybridized carbons (Fsp3) is 0.250. The van der Waals surface area contributed by atoms with E-state index in [2.05, 4.69) is 20.3 Å². The van der Waals surface area contributed by atoms with E-state index in [-0.39, 0.29) is 23.6 Å². The average molecular weight is 750 g/mol. The second-order valence-electron chi connectivity index (χ2n) is 13.2. The maximum Gasteiger partial charge on any atom is 0.256 e. The Morgan fingerprint density at radius 2 is 1.41 bits per heavy atom. The quantitative estimate of drug-likeness (QED) is 0.101. The highest BCUT2D eigenvalue weighted by Crippen LogP contribution is 2.47. The molecular weight excluding hydrogens is 709 g/mol. The van der Waals surface area contributed by atoms with Crippen molar-refractivity contribution in [2.75, 3.05) is 39.2 Å². The van der Waals surface area contributed by atoms with Crippen molar-refractivity contribution >= 4 is 30.0 Å². The third kappa shape index (κ3) is 7.37. The Morgan fingerprint density at radius 3 is 1.98 bits per heavy atom. The summed E-state index contributed by atoms with van der Waals surface area (Å²) in [6, 6.07) is 33.4. The number of carbonyl (C=O) groups is 1. The maximum atomic E-state index is 13.1. The molecule has 1 saturated heterocycles. The molecule has 3 heterocycles. The second-order valence-corrected chi connectivity index (χ2v) is 16.6. The lowest BCUT2D eigenvalue weighted by atomic mass is 9.79. The summed E-state index contributed by atoms with van der Waals surface area (Å²) in [5, 5.41) is 15.0. The number of anilines is 1. The molecule has 1 unspecified atom stereocenters. The van der Waals surface area contributed by atoms with Gasteiger partial charge in [-0.3, -0.25) is 9.36 Å². The van der Waals surface area contributed by atoms with Gasteiger partial charge in [-0.2, -0.15) is 0 Å². The zero-order chi connectivity index (χ0) is 37.9. The van der Waals surface area contributed by atoms with Crippen LogP contribution in [0.15, 0.2) is 122 Å². The molecule has 2 N–H and O–H groups in total. The molecule has 0 saturated carbocycles. The van der Waals surface area contributed by atoms with E-state index >= 15 is 0 Å². The first kappa shape index (κ1) is 36.9. The van der Waals surface area contributed by atoms with Crippen molar-refractivity contribution in [2.45, 2.75) is 30.3 Å². The lowest BCUT2D eigenvalue weighted by molar-refractivity contribution is -0.166. The van der Waals surface area contributed by atoms with Crippen LogP contribution in [-0.4, -0.2) is 82.9 Å². The van der Waals surface area contributed by atoms with E-state index in [0.717, 1.165) is 16.7 Å². The molecule has 1 aliphatic heterocycles. The molecule has 0 bridgehead atoms. The Bertz CT molecular complexity index is 2200. The van der Waals surface area contributed by atoms with E-state index in [1.165, 1.54) is 12.7 Å². The summed E-state index contributed by atoms with van der Waals surface area (Å²) in [5.41, 5.74) is 1.89. The minimum atomic E-state index is -2.69. The molecule has 4 aromatic carbocycles. The normalized spacial score (nSPS) is 18.8. The summed E-state index contributed by atoms with van der Waals surface area (Å²) >= 11 is 0. The number of methoxy groups -OCH3 is 2. The Balaban J connectivity index is 1.37. The molecule has 0 radical (unpaired) electrons. The van der Waals surface area contributed by atoms with Crippen molar-refractivity contribution in [3.05, 3.63) is 144 Å². The minimum Gasteiger partial charge on any atom is -0.497 e. The highest BCUT2D eigenvalue weighted by molar-refractivity contribution is 7.62. The van der Waals surface area contributed by atoms with Crippen LogP contribution in [0.2, 0.25) is 0 Å². The standard InChI is InChI=1S/C40H40N5O8P/c1-49-30-19-15-28(16-20-30)40(27-13-9-6-10-14-27,29-17-21-31(50-2)22-18-29)53-34-33(46)39(51-25-54(3,4)48)52-38(34)45-24-43-32-35(41-23-42-36(32)45)44-37(47)26-11-7-5-8-12-26/h5-24,33-34,38-39,46H,25H2,1-4H3,(H,41,42,44,47)/t33-,34?,38-,39+/m1/s1. The van der Waals surface area contributed by atoms with Gasteiger partial charge in [-0.05, 0) is 66.4 Å². The number of nitrogens with one attached hydrogen (secondary N) is 1. The zero-order valence-corrected chi connectivity index (χ0v) is 31.0. The second kappa shape index (κ2) is 15.5. The van der Waals surface area contributed by atoms with Crippen molar-refractivity contribution in [3.63, 3.8) is 0 Å². The first-order valence-corrected chi connectivity index (χ1v) is 20.0. The van der Waals surface area contributed by atoms with Crippen LogP contribution in [0.3, 0.4) is 0 Å². The molecule has 6 aromatic rings. The van der Waals surface area contributed by atoms with E-state index in [1.807, 2.05) is 84.9 Å². The third-order valence-corrected chi connectivity index (χ3v) is 9.88. The molecule has 14 heteroatoms. The number of ether oxygens (including phenoxy) is 5. The van der Waals surface area contributed by atoms with Crippen molar-refractivity contribution in [1.82, 2.24) is 19.5 Å². The van der Waals surface area contributed by atoms with Gasteiger partial charge in [0.15, 0.2) is 29.5 Å². The number of hydrogen-bond acceptors (Lipinski definition) is 11. The number of aliphatic hydroxyl groups excluding tert-OH is 1. The van der Waals surface area contributed by atoms with Crippen molar-refractivity contribution in [2.24, 2.45) is 0 Å². The number of hydrogen-bond donors (Lipinski definition) is 2. The molecule has 13 nitrogen and oxygen atoms in total. The molecule has 7 rings (SSSR count). The van der Waals surface area contributed by atoms with Crippen molar-refractivity contribution in [3.8, 4) is 11.5 Å². The first-order valence-electron chi connectivity index (χ1n) is 17.2. The molecule has 1 fully saturated rings. The zero-order valence-electron chi connectivity index (χ0n) is 30.1. The number of aliphatic hydroxyl groups is 1. The first-order chi connectivity index (χ1) is 26.1. The summed E-state index contributed by atoms with van der Waals surface area (Å²) in [7, 11) is 0.506. The van der Waals surface area contributed by atoms with Gasteiger partial charge in [0.1, 0.15) is 49.1 Å². The van der Waals surface area contributed by atoms with Gasteiger partial charge in [0.05, 0.1) is 20.5 Å². The van der Waals surface area contributed by atoms with Crippen LogP contribution in [0.25, 0.3) is 11.2 Å². The average Bonchev–Trinajstić information content (AvgIpc) is 3.77. The summed E-state index contributed by atoms with van der Waals surface area (Å²) in [6.45, 7) is 3.19. The predicted molar refractivity (Wildman–Crippen MR) is 202 cm³/mol. The number of aromatic nitrogens is 4. The highest BCUT2D eigenvalue weighted by atomic mass is 31.2. The number of imidazole rings is 1. The van der Waals surface area contributed by atoms with Crippen LogP contribution < -0.4 is 14.8 Å². The highest BCUT2D eigenvalue weighted by Gasteiger charge is 2.52. The van der Waals surface area contributed by atoms with E-state index < -0.39 is 37.5 Å². The molecule has 4 atom stereocenters. The fourth-order valence-electron chi connectivity index (χ4n) is 6.49. The van der Waals surface area contributed by atoms with Crippen molar-refractivity contribution in [1.29, 1.82) is 0 Å². The Hall–Kier alpha value is -5.43. The summed E-state index contributed by atoms with van der Waals surface area (Å²) < 4.78 is 45.2. The third-order valence-electron chi connectivity index (χ3n) is 9.11. The smallest absolute Gasteiger partial charge is 0.256 e. The number of carbonyl (C=O) groups excluding carboxylic acids is 1. The number of amides is 1. The SMILES string of the molecule is COc1ccc(C(OC2[C@@H](O)[C@@H](OCP(C)(C)=O)O[C@H]2n2cnc3c(NC(=O)c4ccccc4)ncnc32)(c2ccccc2)c2ccc(OC)cc2)cc1. The number of benzene rings is 4. The molecule has 54 heavy (non-hydrogen) atoms. The number of nitrogens with zero attached hydrogens (tertiary/aromatic N) is 4. The van der Waals surface area contributed by atoms with Gasteiger partial charge >= 0.3 is 0 Å². The Morgan fingerprint density at radius 1 is 0.833 bits per heavy atom. The van der Waals surface area contributed by atoms with Crippen LogP contribution in [0.4, 0.5) is 5.82 Å². The van der Waals surface area contributed by atoms with Gasteiger partial charge in [-0.25, -0.2) is 15.0 Å². The minimum absolute atomic E-state index is 0.141. The maximum absolute atomic E-state index is 13.1. The Labute approximate surface area is 312 Å². The van der Waals surface area contributed by atoms with Crippen LogP contribution in [-0.2, 0) is 24.4 Å². The molecule has 2 aromatic heterocycles. The van der Waals surface area contributed by atoms with Crippen LogP contribution in [0.5, 0.6) is 11.5 Å². The Kier molecular flexibility index (Phi) is 10.6. The summed E-state index contributed by atoms with van der Waals surface area (Å²) in [5.74, 6) is 1.11. The summed E-state index contributed by atoms with van der Waals surface area (Å²) in [4.78, 5) is 26.5. The van der Waals surface area contributed by atoms with E-state index in [9.17, 15) is 14.5 Å². The van der Waals surface area contributed by atoms with Gasteiger partial charge in [-0.15, -0.1) is 0 Å². The van der Waals surface area contributed by atoms with E-state index in [1.54, 1.807) is 56.4 Å². The molecular formula is C40H40N5O8P. The lowest BCUT2D eigenvalue weighted by Gasteiger charge is -2.40.